The largest absolute Gasteiger partial charge is 0.379 e. The number of rotatable bonds is 3. The Morgan fingerprint density at radius 3 is 3.13 bits per heavy atom. The number of aryl methyl sites for hydroxylation is 1. The lowest BCUT2D eigenvalue weighted by atomic mass is 9.86. The molecule has 0 amide bonds. The average molecular weight is 210 g/mol. The fraction of sp³-hybridized carbons (Fsp3) is 0.700. The Morgan fingerprint density at radius 2 is 2.60 bits per heavy atom. The Bertz CT molecular complexity index is 338. The number of hydrogen-bond donors (Lipinski definition) is 2. The van der Waals surface area contributed by atoms with Crippen LogP contribution in [0.5, 0.6) is 0 Å². The SMILES string of the molecule is Cn1nccc1NCC1(C)COCC1N. The summed E-state index contributed by atoms with van der Waals surface area (Å²) in [5.41, 5.74) is 6.02. The van der Waals surface area contributed by atoms with Gasteiger partial charge in [-0.15, -0.1) is 0 Å². The van der Waals surface area contributed by atoms with E-state index in [9.17, 15) is 0 Å². The number of anilines is 1. The van der Waals surface area contributed by atoms with E-state index in [0.717, 1.165) is 19.0 Å². The standard InChI is InChI=1S/C10H18N4O/c1-10(7-15-5-8(10)11)6-12-9-3-4-13-14(9)2/h3-4,8,12H,5-7,11H2,1-2H3. The van der Waals surface area contributed by atoms with Crippen LogP contribution in [0, 0.1) is 5.41 Å². The molecule has 2 rings (SSSR count). The van der Waals surface area contributed by atoms with Gasteiger partial charge in [0.15, 0.2) is 0 Å². The molecule has 2 atom stereocenters. The van der Waals surface area contributed by atoms with Crippen LogP contribution in [0.25, 0.3) is 0 Å². The van der Waals surface area contributed by atoms with Crippen molar-refractivity contribution in [1.29, 1.82) is 0 Å². The van der Waals surface area contributed by atoms with Gasteiger partial charge < -0.3 is 15.8 Å². The molecule has 0 aliphatic carbocycles. The van der Waals surface area contributed by atoms with Crippen molar-refractivity contribution in [3.63, 3.8) is 0 Å². The highest BCUT2D eigenvalue weighted by Gasteiger charge is 2.37. The molecule has 2 heterocycles. The van der Waals surface area contributed by atoms with Crippen molar-refractivity contribution in [1.82, 2.24) is 9.78 Å². The summed E-state index contributed by atoms with van der Waals surface area (Å²) in [5, 5.41) is 7.44. The molecule has 1 saturated heterocycles. The van der Waals surface area contributed by atoms with E-state index >= 15 is 0 Å². The van der Waals surface area contributed by atoms with Crippen molar-refractivity contribution in [3.05, 3.63) is 12.3 Å². The van der Waals surface area contributed by atoms with E-state index in [2.05, 4.69) is 17.3 Å². The van der Waals surface area contributed by atoms with E-state index in [1.54, 1.807) is 6.20 Å². The number of nitrogens with two attached hydrogens (primary N) is 1. The van der Waals surface area contributed by atoms with Gasteiger partial charge in [0.05, 0.1) is 19.4 Å². The van der Waals surface area contributed by atoms with Crippen LogP contribution in [-0.2, 0) is 11.8 Å². The minimum Gasteiger partial charge on any atom is -0.379 e. The normalized spacial score (nSPS) is 30.7. The summed E-state index contributed by atoms with van der Waals surface area (Å²) in [6, 6.07) is 2.06. The Labute approximate surface area is 89.6 Å². The van der Waals surface area contributed by atoms with Crippen molar-refractivity contribution < 1.29 is 4.74 Å². The molecule has 5 nitrogen and oxygen atoms in total. The number of hydrogen-bond acceptors (Lipinski definition) is 4. The Morgan fingerprint density at radius 1 is 1.80 bits per heavy atom. The van der Waals surface area contributed by atoms with Gasteiger partial charge in [-0.1, -0.05) is 6.92 Å². The highest BCUT2D eigenvalue weighted by atomic mass is 16.5. The third kappa shape index (κ3) is 1.98. The second-order valence-corrected chi connectivity index (χ2v) is 4.47. The fourth-order valence-corrected chi connectivity index (χ4v) is 1.75. The lowest BCUT2D eigenvalue weighted by Crippen LogP contribution is -2.43. The van der Waals surface area contributed by atoms with Crippen molar-refractivity contribution in [3.8, 4) is 0 Å². The summed E-state index contributed by atoms with van der Waals surface area (Å²) in [7, 11) is 1.91. The quantitative estimate of drug-likeness (QED) is 0.748. The first-order valence-corrected chi connectivity index (χ1v) is 5.17. The van der Waals surface area contributed by atoms with Gasteiger partial charge in [0.1, 0.15) is 5.82 Å². The molecule has 84 valence electrons. The van der Waals surface area contributed by atoms with Gasteiger partial charge in [-0.3, -0.25) is 4.68 Å². The number of ether oxygens (including phenoxy) is 1. The van der Waals surface area contributed by atoms with Crippen LogP contribution in [-0.4, -0.2) is 35.6 Å². The predicted molar refractivity (Wildman–Crippen MR) is 58.6 cm³/mol. The second kappa shape index (κ2) is 3.83. The summed E-state index contributed by atoms with van der Waals surface area (Å²) in [4.78, 5) is 0. The summed E-state index contributed by atoms with van der Waals surface area (Å²) >= 11 is 0. The molecule has 1 aromatic heterocycles. The summed E-state index contributed by atoms with van der Waals surface area (Å²) < 4.78 is 7.20. The van der Waals surface area contributed by atoms with E-state index in [1.165, 1.54) is 0 Å². The molecular weight excluding hydrogens is 192 g/mol. The van der Waals surface area contributed by atoms with Crippen LogP contribution >= 0.6 is 0 Å². The van der Waals surface area contributed by atoms with Crippen LogP contribution in [0.4, 0.5) is 5.82 Å². The van der Waals surface area contributed by atoms with Crippen LogP contribution in [0.2, 0.25) is 0 Å². The molecule has 5 heteroatoms. The van der Waals surface area contributed by atoms with E-state index in [1.807, 2.05) is 17.8 Å². The van der Waals surface area contributed by atoms with Crippen molar-refractivity contribution in [2.45, 2.75) is 13.0 Å². The highest BCUT2D eigenvalue weighted by Crippen LogP contribution is 2.27. The van der Waals surface area contributed by atoms with E-state index in [-0.39, 0.29) is 11.5 Å². The Hall–Kier alpha value is -1.07. The topological polar surface area (TPSA) is 65.1 Å². The zero-order valence-corrected chi connectivity index (χ0v) is 9.23. The third-order valence-electron chi connectivity index (χ3n) is 3.12. The fourth-order valence-electron chi connectivity index (χ4n) is 1.75. The molecule has 0 bridgehead atoms. The van der Waals surface area contributed by atoms with Crippen molar-refractivity contribution >= 4 is 5.82 Å². The van der Waals surface area contributed by atoms with Gasteiger partial charge in [0, 0.05) is 31.1 Å². The molecule has 1 fully saturated rings. The third-order valence-corrected chi connectivity index (χ3v) is 3.12. The maximum absolute atomic E-state index is 6.00. The zero-order valence-electron chi connectivity index (χ0n) is 9.23. The molecule has 3 N–H and O–H groups in total. The minimum atomic E-state index is 0.0181. The maximum Gasteiger partial charge on any atom is 0.123 e. The first-order valence-electron chi connectivity index (χ1n) is 5.17. The second-order valence-electron chi connectivity index (χ2n) is 4.47. The molecule has 0 radical (unpaired) electrons. The van der Waals surface area contributed by atoms with Gasteiger partial charge in [-0.05, 0) is 0 Å². The average Bonchev–Trinajstić information content (AvgIpc) is 2.73. The Kier molecular flexibility index (Phi) is 2.67. The number of nitrogens with zero attached hydrogens (tertiary/aromatic N) is 2. The van der Waals surface area contributed by atoms with Gasteiger partial charge in [-0.2, -0.15) is 5.10 Å². The number of aromatic nitrogens is 2. The molecule has 15 heavy (non-hydrogen) atoms. The lowest BCUT2D eigenvalue weighted by molar-refractivity contribution is 0.164. The van der Waals surface area contributed by atoms with Crippen LogP contribution in [0.15, 0.2) is 12.3 Å². The highest BCUT2D eigenvalue weighted by molar-refractivity contribution is 5.34. The predicted octanol–water partition coefficient (Wildman–Crippen LogP) is 0.196. The molecule has 0 spiro atoms. The molecule has 1 aliphatic heterocycles. The molecule has 0 aromatic carbocycles. The monoisotopic (exact) mass is 210 g/mol. The number of nitrogens with one attached hydrogen (secondary N) is 1. The van der Waals surface area contributed by atoms with Gasteiger partial charge in [0.2, 0.25) is 0 Å². The van der Waals surface area contributed by atoms with Gasteiger partial charge in [0.25, 0.3) is 0 Å². The van der Waals surface area contributed by atoms with E-state index in [4.69, 9.17) is 10.5 Å². The van der Waals surface area contributed by atoms with E-state index in [0.29, 0.717) is 6.61 Å². The maximum atomic E-state index is 6.00. The van der Waals surface area contributed by atoms with Crippen molar-refractivity contribution in [2.75, 3.05) is 25.1 Å². The molecule has 1 aromatic rings. The summed E-state index contributed by atoms with van der Waals surface area (Å²) in [6.45, 7) is 4.34. The smallest absolute Gasteiger partial charge is 0.123 e. The molecular formula is C10H18N4O. The lowest BCUT2D eigenvalue weighted by Gasteiger charge is -2.27. The molecule has 1 aliphatic rings. The molecule has 2 unspecified atom stereocenters. The first kappa shape index (κ1) is 10.4. The first-order chi connectivity index (χ1) is 7.12. The van der Waals surface area contributed by atoms with Gasteiger partial charge in [-0.25, -0.2) is 0 Å². The minimum absolute atomic E-state index is 0.0181. The molecule has 0 saturated carbocycles. The van der Waals surface area contributed by atoms with Crippen molar-refractivity contribution in [2.24, 2.45) is 18.2 Å². The van der Waals surface area contributed by atoms with Gasteiger partial charge >= 0.3 is 0 Å². The van der Waals surface area contributed by atoms with Crippen LogP contribution < -0.4 is 11.1 Å². The summed E-state index contributed by atoms with van der Waals surface area (Å²) in [6.07, 6.45) is 1.77. The summed E-state index contributed by atoms with van der Waals surface area (Å²) in [5.74, 6) is 1.01. The van der Waals surface area contributed by atoms with E-state index < -0.39 is 0 Å². The zero-order chi connectivity index (χ0) is 10.9. The van der Waals surface area contributed by atoms with Crippen LogP contribution in [0.1, 0.15) is 6.92 Å². The van der Waals surface area contributed by atoms with Crippen LogP contribution in [0.3, 0.4) is 0 Å². The Balaban J connectivity index is 1.96.